The number of morpholine rings is 1. The minimum atomic E-state index is -0.455. The summed E-state index contributed by atoms with van der Waals surface area (Å²) in [5.41, 5.74) is 3.50. The van der Waals surface area contributed by atoms with Crippen LogP contribution in [0.5, 0.6) is 0 Å². The number of carbonyl (C=O) groups is 1. The average molecular weight is 338 g/mol. The van der Waals surface area contributed by atoms with Gasteiger partial charge in [0.25, 0.3) is 5.91 Å². The van der Waals surface area contributed by atoms with Gasteiger partial charge in [-0.25, -0.2) is 9.97 Å². The highest BCUT2D eigenvalue weighted by Crippen LogP contribution is 2.21. The molecule has 6 nitrogen and oxygen atoms in total. The first kappa shape index (κ1) is 16.0. The van der Waals surface area contributed by atoms with Crippen LogP contribution in [0.15, 0.2) is 36.5 Å². The largest absolute Gasteiger partial charge is 0.365 e. The molecule has 0 radical (unpaired) electrons. The molecule has 0 aliphatic carbocycles. The number of hydrogen-bond acceptors (Lipinski definition) is 5. The number of hydrogen-bond donors (Lipinski definition) is 0. The van der Waals surface area contributed by atoms with Crippen LogP contribution in [0.3, 0.4) is 0 Å². The van der Waals surface area contributed by atoms with Crippen molar-refractivity contribution >= 4 is 11.9 Å². The van der Waals surface area contributed by atoms with Crippen LogP contribution < -0.4 is 4.90 Å². The Bertz CT molecular complexity index is 780. The number of benzene rings is 1. The topological polar surface area (TPSA) is 58.6 Å². The molecule has 0 N–H and O–H groups in total. The number of carbonyl (C=O) groups excluding carboxylic acids is 1. The lowest BCUT2D eigenvalue weighted by molar-refractivity contribution is -0.145. The molecule has 0 saturated carbocycles. The summed E-state index contributed by atoms with van der Waals surface area (Å²) in [6.07, 6.45) is 2.20. The molecule has 3 heterocycles. The number of amides is 1. The van der Waals surface area contributed by atoms with E-state index in [1.165, 1.54) is 11.1 Å². The molecule has 130 valence electrons. The minimum absolute atomic E-state index is 0.0619. The van der Waals surface area contributed by atoms with Crippen LogP contribution in [0.1, 0.15) is 16.8 Å². The van der Waals surface area contributed by atoms with Gasteiger partial charge in [-0.1, -0.05) is 24.3 Å². The third kappa shape index (κ3) is 3.35. The molecule has 6 heteroatoms. The molecule has 1 saturated heterocycles. The van der Waals surface area contributed by atoms with Gasteiger partial charge in [0.15, 0.2) is 6.10 Å². The smallest absolute Gasteiger partial charge is 0.253 e. The molecule has 2 aromatic rings. The van der Waals surface area contributed by atoms with Gasteiger partial charge in [-0.05, 0) is 30.5 Å². The van der Waals surface area contributed by atoms with E-state index in [4.69, 9.17) is 4.74 Å². The second-order valence-electron chi connectivity index (χ2n) is 6.58. The van der Waals surface area contributed by atoms with Crippen molar-refractivity contribution in [1.82, 2.24) is 14.9 Å². The van der Waals surface area contributed by atoms with Crippen molar-refractivity contribution in [3.8, 4) is 0 Å². The zero-order valence-electron chi connectivity index (χ0n) is 14.4. The maximum Gasteiger partial charge on any atom is 0.253 e. The van der Waals surface area contributed by atoms with Gasteiger partial charge in [0.2, 0.25) is 5.95 Å². The van der Waals surface area contributed by atoms with E-state index in [9.17, 15) is 4.79 Å². The Morgan fingerprint density at radius 2 is 2.04 bits per heavy atom. The van der Waals surface area contributed by atoms with Gasteiger partial charge in [0, 0.05) is 31.5 Å². The summed E-state index contributed by atoms with van der Waals surface area (Å²) >= 11 is 0. The third-order valence-electron chi connectivity index (χ3n) is 4.85. The number of fused-ring (bicyclic) bond motifs is 1. The zero-order valence-corrected chi connectivity index (χ0v) is 14.4. The quantitative estimate of drug-likeness (QED) is 0.832. The number of nitrogens with zero attached hydrogens (tertiary/aromatic N) is 4. The van der Waals surface area contributed by atoms with E-state index in [1.54, 1.807) is 6.20 Å². The third-order valence-corrected chi connectivity index (χ3v) is 4.85. The van der Waals surface area contributed by atoms with Gasteiger partial charge >= 0.3 is 0 Å². The Morgan fingerprint density at radius 3 is 2.88 bits per heavy atom. The molecule has 1 aromatic carbocycles. The van der Waals surface area contributed by atoms with Crippen molar-refractivity contribution < 1.29 is 9.53 Å². The average Bonchev–Trinajstić information content (AvgIpc) is 2.67. The summed E-state index contributed by atoms with van der Waals surface area (Å²) in [7, 11) is 0. The van der Waals surface area contributed by atoms with Crippen LogP contribution in [-0.4, -0.2) is 53.1 Å². The highest BCUT2D eigenvalue weighted by Gasteiger charge is 2.32. The van der Waals surface area contributed by atoms with Crippen LogP contribution in [0, 0.1) is 6.92 Å². The van der Waals surface area contributed by atoms with Crippen LogP contribution in [0.25, 0.3) is 0 Å². The maximum absolute atomic E-state index is 12.9. The monoisotopic (exact) mass is 338 g/mol. The van der Waals surface area contributed by atoms with Gasteiger partial charge in [-0.2, -0.15) is 0 Å². The Morgan fingerprint density at radius 1 is 1.20 bits per heavy atom. The molecule has 1 fully saturated rings. The molecule has 4 rings (SSSR count). The lowest BCUT2D eigenvalue weighted by Crippen LogP contribution is -2.52. The van der Waals surface area contributed by atoms with E-state index in [1.807, 2.05) is 28.9 Å². The minimum Gasteiger partial charge on any atom is -0.365 e. The van der Waals surface area contributed by atoms with Crippen LogP contribution in [-0.2, 0) is 22.5 Å². The second kappa shape index (κ2) is 6.80. The summed E-state index contributed by atoms with van der Waals surface area (Å²) in [6.45, 7) is 5.07. The normalized spacial score (nSPS) is 20.3. The molecule has 1 unspecified atom stereocenters. The van der Waals surface area contributed by atoms with Crippen molar-refractivity contribution in [2.45, 2.75) is 26.0 Å². The van der Waals surface area contributed by atoms with Crippen molar-refractivity contribution in [3.05, 3.63) is 53.3 Å². The fraction of sp³-hybridized carbons (Fsp3) is 0.421. The summed E-state index contributed by atoms with van der Waals surface area (Å²) in [5, 5.41) is 0. The molecule has 0 bridgehead atoms. The van der Waals surface area contributed by atoms with Gasteiger partial charge < -0.3 is 14.5 Å². The van der Waals surface area contributed by atoms with E-state index in [-0.39, 0.29) is 5.91 Å². The van der Waals surface area contributed by atoms with Crippen molar-refractivity contribution in [2.75, 3.05) is 31.1 Å². The first-order valence-corrected chi connectivity index (χ1v) is 8.72. The SMILES string of the molecule is Cc1ccnc(N2CCOC(C(=O)N3CCc4ccccc4C3)C2)n1. The van der Waals surface area contributed by atoms with E-state index in [2.05, 4.69) is 28.2 Å². The highest BCUT2D eigenvalue weighted by atomic mass is 16.5. The number of aryl methyl sites for hydroxylation is 1. The van der Waals surface area contributed by atoms with Crippen molar-refractivity contribution in [3.63, 3.8) is 0 Å². The van der Waals surface area contributed by atoms with Crippen molar-refractivity contribution in [2.24, 2.45) is 0 Å². The molecule has 0 spiro atoms. The molecular weight excluding hydrogens is 316 g/mol. The predicted molar refractivity (Wildman–Crippen MR) is 94.3 cm³/mol. The molecular formula is C19H22N4O2. The molecule has 1 atom stereocenters. The Hall–Kier alpha value is -2.47. The number of anilines is 1. The lowest BCUT2D eigenvalue weighted by atomic mass is 9.99. The number of rotatable bonds is 2. The molecule has 1 aromatic heterocycles. The van der Waals surface area contributed by atoms with Gasteiger partial charge in [0.1, 0.15) is 0 Å². The maximum atomic E-state index is 12.9. The summed E-state index contributed by atoms with van der Waals surface area (Å²) in [4.78, 5) is 25.7. The van der Waals surface area contributed by atoms with E-state index < -0.39 is 6.10 Å². The fourth-order valence-corrected chi connectivity index (χ4v) is 3.46. The lowest BCUT2D eigenvalue weighted by Gasteiger charge is -2.36. The summed E-state index contributed by atoms with van der Waals surface area (Å²) in [5.74, 6) is 0.733. The summed E-state index contributed by atoms with van der Waals surface area (Å²) in [6, 6.07) is 10.2. The predicted octanol–water partition coefficient (Wildman–Crippen LogP) is 1.58. The summed E-state index contributed by atoms with van der Waals surface area (Å²) < 4.78 is 5.77. The highest BCUT2D eigenvalue weighted by molar-refractivity contribution is 5.82. The fourth-order valence-electron chi connectivity index (χ4n) is 3.46. The standard InChI is InChI=1S/C19H22N4O2/c1-14-6-8-20-19(21-14)23-10-11-25-17(13-23)18(24)22-9-7-15-4-2-3-5-16(15)12-22/h2-6,8,17H,7,9-13H2,1H3. The molecule has 2 aliphatic heterocycles. The van der Waals surface area contributed by atoms with Crippen LogP contribution >= 0.6 is 0 Å². The molecule has 1 amide bonds. The van der Waals surface area contributed by atoms with Gasteiger partial charge in [0.05, 0.1) is 13.2 Å². The van der Waals surface area contributed by atoms with Crippen LogP contribution in [0.2, 0.25) is 0 Å². The molecule has 2 aliphatic rings. The van der Waals surface area contributed by atoms with Gasteiger partial charge in [-0.3, -0.25) is 4.79 Å². The first-order valence-electron chi connectivity index (χ1n) is 8.72. The van der Waals surface area contributed by atoms with E-state index >= 15 is 0 Å². The van der Waals surface area contributed by atoms with Crippen LogP contribution in [0.4, 0.5) is 5.95 Å². The van der Waals surface area contributed by atoms with Gasteiger partial charge in [-0.15, -0.1) is 0 Å². The molecule has 25 heavy (non-hydrogen) atoms. The first-order chi connectivity index (χ1) is 12.2. The Kier molecular flexibility index (Phi) is 4.36. The van der Waals surface area contributed by atoms with E-state index in [0.717, 1.165) is 18.7 Å². The zero-order chi connectivity index (χ0) is 17.2. The Balaban J connectivity index is 1.45. The van der Waals surface area contributed by atoms with Crippen molar-refractivity contribution in [1.29, 1.82) is 0 Å². The number of ether oxygens (including phenoxy) is 1. The van der Waals surface area contributed by atoms with E-state index in [0.29, 0.717) is 32.2 Å². The second-order valence-corrected chi connectivity index (χ2v) is 6.58. The number of aromatic nitrogens is 2. The Labute approximate surface area is 147 Å².